The normalized spacial score (nSPS) is 26.5. The highest BCUT2D eigenvalue weighted by atomic mass is 32.1. The minimum Gasteiger partial charge on any atom is -0.391 e. The fraction of sp³-hybridized carbons (Fsp3) is 0.647. The van der Waals surface area contributed by atoms with Crippen LogP contribution in [0, 0.1) is 12.8 Å². The van der Waals surface area contributed by atoms with Crippen molar-refractivity contribution in [1.82, 2.24) is 24.9 Å². The first-order valence-corrected chi connectivity index (χ1v) is 9.78. The number of aliphatic hydroxyl groups is 1. The van der Waals surface area contributed by atoms with Gasteiger partial charge in [0.2, 0.25) is 0 Å². The molecule has 1 saturated carbocycles. The summed E-state index contributed by atoms with van der Waals surface area (Å²) in [5.41, 5.74) is 1.45. The topological polar surface area (TPSA) is 84.1 Å². The van der Waals surface area contributed by atoms with Crippen LogP contribution in [0.5, 0.6) is 0 Å². The van der Waals surface area contributed by atoms with E-state index in [-0.39, 0.29) is 18.1 Å². The SMILES string of the molecule is Cc1csc(CC2CCCN(C(=O)c3cn([C@@H]4CC[C@H]4O)nn3)C2)n1. The van der Waals surface area contributed by atoms with Crippen LogP contribution in [0.15, 0.2) is 11.6 Å². The van der Waals surface area contributed by atoms with Gasteiger partial charge in [0.05, 0.1) is 23.4 Å². The Morgan fingerprint density at radius 2 is 2.28 bits per heavy atom. The van der Waals surface area contributed by atoms with E-state index in [1.54, 1.807) is 22.2 Å². The Morgan fingerprint density at radius 3 is 2.96 bits per heavy atom. The Labute approximate surface area is 150 Å². The highest BCUT2D eigenvalue weighted by Gasteiger charge is 2.33. The number of amides is 1. The van der Waals surface area contributed by atoms with Crippen LogP contribution in [0.3, 0.4) is 0 Å². The smallest absolute Gasteiger partial charge is 0.276 e. The van der Waals surface area contributed by atoms with Crippen LogP contribution in [-0.2, 0) is 6.42 Å². The van der Waals surface area contributed by atoms with E-state index in [1.807, 2.05) is 11.8 Å². The molecule has 25 heavy (non-hydrogen) atoms. The molecule has 2 fully saturated rings. The summed E-state index contributed by atoms with van der Waals surface area (Å²) >= 11 is 1.70. The summed E-state index contributed by atoms with van der Waals surface area (Å²) < 4.78 is 1.64. The molecule has 0 aromatic carbocycles. The van der Waals surface area contributed by atoms with Crippen molar-refractivity contribution in [2.24, 2.45) is 5.92 Å². The lowest BCUT2D eigenvalue weighted by Crippen LogP contribution is -2.40. The van der Waals surface area contributed by atoms with Gasteiger partial charge in [0.15, 0.2) is 5.69 Å². The van der Waals surface area contributed by atoms with Crippen molar-refractivity contribution in [3.63, 3.8) is 0 Å². The minimum atomic E-state index is -0.370. The van der Waals surface area contributed by atoms with E-state index in [4.69, 9.17) is 0 Å². The second-order valence-electron chi connectivity index (χ2n) is 7.14. The van der Waals surface area contributed by atoms with Gasteiger partial charge in [0.25, 0.3) is 5.91 Å². The first kappa shape index (κ1) is 16.7. The molecule has 0 bridgehead atoms. The summed E-state index contributed by atoms with van der Waals surface area (Å²) in [6.45, 7) is 3.53. The second kappa shape index (κ2) is 6.84. The van der Waals surface area contributed by atoms with Crippen LogP contribution >= 0.6 is 11.3 Å². The first-order chi connectivity index (χ1) is 12.1. The van der Waals surface area contributed by atoms with Crippen LogP contribution < -0.4 is 0 Å². The predicted octanol–water partition coefficient (Wildman–Crippen LogP) is 1.83. The van der Waals surface area contributed by atoms with E-state index in [0.29, 0.717) is 11.6 Å². The van der Waals surface area contributed by atoms with Gasteiger partial charge in [-0.05, 0) is 38.5 Å². The first-order valence-electron chi connectivity index (χ1n) is 8.90. The number of carbonyl (C=O) groups is 1. The number of likely N-dealkylation sites (tertiary alicyclic amines) is 1. The van der Waals surface area contributed by atoms with Gasteiger partial charge in [-0.2, -0.15) is 0 Å². The molecule has 2 aromatic rings. The maximum absolute atomic E-state index is 12.8. The van der Waals surface area contributed by atoms with Gasteiger partial charge in [0.1, 0.15) is 0 Å². The fourth-order valence-corrected chi connectivity index (χ4v) is 4.52. The molecular formula is C17H23N5O2S. The molecule has 3 atom stereocenters. The van der Waals surface area contributed by atoms with Gasteiger partial charge < -0.3 is 10.0 Å². The standard InChI is InChI=1S/C17H23N5O2S/c1-11-10-25-16(18-11)7-12-3-2-6-21(8-12)17(24)13-9-22(20-19-13)14-4-5-15(14)23/h9-10,12,14-15,23H,2-8H2,1H3/t12?,14-,15-/m1/s1. The van der Waals surface area contributed by atoms with Crippen LogP contribution in [0.4, 0.5) is 0 Å². The average Bonchev–Trinajstić information content (AvgIpc) is 3.22. The summed E-state index contributed by atoms with van der Waals surface area (Å²) in [5.74, 6) is 0.395. The third-order valence-electron chi connectivity index (χ3n) is 5.21. The number of aromatic nitrogens is 4. The van der Waals surface area contributed by atoms with Crippen molar-refractivity contribution >= 4 is 17.2 Å². The summed E-state index contributed by atoms with van der Waals surface area (Å²) in [6, 6.07) is -0.0312. The molecule has 134 valence electrons. The molecule has 1 saturated heterocycles. The van der Waals surface area contributed by atoms with Gasteiger partial charge in [-0.25, -0.2) is 9.67 Å². The maximum Gasteiger partial charge on any atom is 0.276 e. The molecule has 1 amide bonds. The Hall–Kier alpha value is -1.80. The van der Waals surface area contributed by atoms with Crippen molar-refractivity contribution in [2.75, 3.05) is 13.1 Å². The van der Waals surface area contributed by atoms with E-state index in [1.165, 1.54) is 0 Å². The van der Waals surface area contributed by atoms with Gasteiger partial charge >= 0.3 is 0 Å². The van der Waals surface area contributed by atoms with Gasteiger partial charge in [-0.1, -0.05) is 5.21 Å². The molecular weight excluding hydrogens is 338 g/mol. The zero-order valence-corrected chi connectivity index (χ0v) is 15.2. The van der Waals surface area contributed by atoms with Crippen molar-refractivity contribution in [2.45, 2.75) is 51.2 Å². The highest BCUT2D eigenvalue weighted by Crippen LogP contribution is 2.31. The molecule has 2 aromatic heterocycles. The van der Waals surface area contributed by atoms with Gasteiger partial charge in [-0.3, -0.25) is 4.79 Å². The van der Waals surface area contributed by atoms with Crippen molar-refractivity contribution in [3.05, 3.63) is 28.0 Å². The Kier molecular flexibility index (Phi) is 4.56. The molecule has 0 spiro atoms. The largest absolute Gasteiger partial charge is 0.391 e. The number of hydrogen-bond acceptors (Lipinski definition) is 6. The van der Waals surface area contributed by atoms with Crippen molar-refractivity contribution in [3.8, 4) is 0 Å². The Morgan fingerprint density at radius 1 is 1.40 bits per heavy atom. The zero-order chi connectivity index (χ0) is 17.4. The third kappa shape index (κ3) is 3.46. The highest BCUT2D eigenvalue weighted by molar-refractivity contribution is 7.09. The molecule has 0 radical (unpaired) electrons. The number of piperidine rings is 1. The number of aryl methyl sites for hydroxylation is 1. The molecule has 1 aliphatic heterocycles. The number of rotatable bonds is 4. The monoisotopic (exact) mass is 361 g/mol. The van der Waals surface area contributed by atoms with E-state index in [9.17, 15) is 9.90 Å². The average molecular weight is 361 g/mol. The molecule has 7 nitrogen and oxygen atoms in total. The fourth-order valence-electron chi connectivity index (χ4n) is 3.63. The molecule has 8 heteroatoms. The minimum absolute atomic E-state index is 0.0312. The zero-order valence-electron chi connectivity index (χ0n) is 14.3. The van der Waals surface area contributed by atoms with Crippen LogP contribution in [-0.4, -0.2) is 55.1 Å². The summed E-state index contributed by atoms with van der Waals surface area (Å²) in [5, 5.41) is 21.1. The van der Waals surface area contributed by atoms with Crippen molar-refractivity contribution < 1.29 is 9.90 Å². The Balaban J connectivity index is 1.39. The summed E-state index contributed by atoms with van der Waals surface area (Å²) in [6.07, 6.45) is 6.06. The molecule has 2 aliphatic rings. The molecule has 1 aliphatic carbocycles. The second-order valence-corrected chi connectivity index (χ2v) is 8.08. The van der Waals surface area contributed by atoms with Crippen LogP contribution in [0.2, 0.25) is 0 Å². The van der Waals surface area contributed by atoms with E-state index in [2.05, 4.69) is 20.7 Å². The Bertz CT molecular complexity index is 758. The molecule has 4 rings (SSSR count). The number of carbonyl (C=O) groups excluding carboxylic acids is 1. The van der Waals surface area contributed by atoms with E-state index >= 15 is 0 Å². The summed E-state index contributed by atoms with van der Waals surface area (Å²) in [7, 11) is 0. The lowest BCUT2D eigenvalue weighted by molar-refractivity contribution is 0.0244. The molecule has 1 unspecified atom stereocenters. The van der Waals surface area contributed by atoms with E-state index < -0.39 is 0 Å². The van der Waals surface area contributed by atoms with Gasteiger partial charge in [-0.15, -0.1) is 16.4 Å². The summed E-state index contributed by atoms with van der Waals surface area (Å²) in [4.78, 5) is 19.2. The predicted molar refractivity (Wildman–Crippen MR) is 93.5 cm³/mol. The number of aliphatic hydroxyl groups excluding tert-OH is 1. The van der Waals surface area contributed by atoms with Gasteiger partial charge in [0, 0.05) is 30.6 Å². The molecule has 3 heterocycles. The quantitative estimate of drug-likeness (QED) is 0.898. The lowest BCUT2D eigenvalue weighted by atomic mass is 9.89. The van der Waals surface area contributed by atoms with Crippen LogP contribution in [0.1, 0.15) is 52.9 Å². The maximum atomic E-state index is 12.8. The van der Waals surface area contributed by atoms with Crippen LogP contribution in [0.25, 0.3) is 0 Å². The third-order valence-corrected chi connectivity index (χ3v) is 6.20. The van der Waals surface area contributed by atoms with Crippen molar-refractivity contribution in [1.29, 1.82) is 0 Å². The van der Waals surface area contributed by atoms with E-state index in [0.717, 1.165) is 55.9 Å². The molecule has 1 N–H and O–H groups in total. The lowest BCUT2D eigenvalue weighted by Gasteiger charge is -2.32. The number of thiazole rings is 1. The number of nitrogens with zero attached hydrogens (tertiary/aromatic N) is 5. The number of hydrogen-bond donors (Lipinski definition) is 1.